The fraction of sp³-hybridized carbons (Fsp3) is 0.385. The SMILES string of the molecule is CC(C)C[C@H](NC(=O)[C@@H](N)Cc1ccc(O)cc1)C(=O)N[C@@H](Cc1ccc(O)cc1)C(=O)NCC(=O)O. The zero-order chi connectivity index (χ0) is 27.5. The number of rotatable bonds is 13. The van der Waals surface area contributed by atoms with E-state index >= 15 is 0 Å². The number of carbonyl (C=O) groups excluding carboxylic acids is 3. The number of phenols is 2. The second-order valence-electron chi connectivity index (χ2n) is 9.21. The average molecular weight is 515 g/mol. The third kappa shape index (κ3) is 10.2. The summed E-state index contributed by atoms with van der Waals surface area (Å²) >= 11 is 0. The van der Waals surface area contributed by atoms with Crippen molar-refractivity contribution in [3.05, 3.63) is 59.7 Å². The van der Waals surface area contributed by atoms with Crippen LogP contribution in [0.5, 0.6) is 11.5 Å². The molecule has 0 radical (unpaired) electrons. The highest BCUT2D eigenvalue weighted by molar-refractivity contribution is 5.93. The summed E-state index contributed by atoms with van der Waals surface area (Å²) in [7, 11) is 0. The van der Waals surface area contributed by atoms with Crippen LogP contribution in [0.1, 0.15) is 31.4 Å². The number of hydrogen-bond acceptors (Lipinski definition) is 7. The van der Waals surface area contributed by atoms with Crippen molar-refractivity contribution in [2.75, 3.05) is 6.54 Å². The van der Waals surface area contributed by atoms with Crippen LogP contribution in [-0.4, -0.2) is 63.7 Å². The Labute approximate surface area is 215 Å². The number of carboxylic acids is 1. The molecule has 0 heterocycles. The molecule has 37 heavy (non-hydrogen) atoms. The Kier molecular flexibility index (Phi) is 10.9. The predicted octanol–water partition coefficient (Wildman–Crippen LogP) is 0.427. The first-order chi connectivity index (χ1) is 17.4. The summed E-state index contributed by atoms with van der Waals surface area (Å²) in [4.78, 5) is 49.6. The molecule has 3 atom stereocenters. The van der Waals surface area contributed by atoms with Gasteiger partial charge in [-0.3, -0.25) is 19.2 Å². The summed E-state index contributed by atoms with van der Waals surface area (Å²) < 4.78 is 0. The molecular weight excluding hydrogens is 480 g/mol. The molecule has 0 aliphatic heterocycles. The summed E-state index contributed by atoms with van der Waals surface area (Å²) in [6.45, 7) is 3.12. The molecule has 0 fully saturated rings. The molecule has 2 aromatic carbocycles. The minimum absolute atomic E-state index is 0.0146. The zero-order valence-electron chi connectivity index (χ0n) is 20.8. The van der Waals surface area contributed by atoms with Crippen LogP contribution in [0.3, 0.4) is 0 Å². The smallest absolute Gasteiger partial charge is 0.322 e. The number of carbonyl (C=O) groups is 4. The lowest BCUT2D eigenvalue weighted by Crippen LogP contribution is -2.57. The third-order valence-electron chi connectivity index (χ3n) is 5.49. The van der Waals surface area contributed by atoms with E-state index in [1.807, 2.05) is 13.8 Å². The minimum atomic E-state index is -1.24. The molecule has 0 unspecified atom stereocenters. The molecule has 200 valence electrons. The Bertz CT molecular complexity index is 1070. The standard InChI is InChI=1S/C26H34N4O7/c1-15(2)11-21(29-24(35)20(27)12-16-3-7-18(31)8-4-16)26(37)30-22(25(36)28-14-23(33)34)13-17-5-9-19(32)10-6-17/h3-10,15,20-22,31-32H,11-14,27H2,1-2H3,(H,28,36)(H,29,35)(H,30,37)(H,33,34)/t20-,21-,22-/m0/s1. The molecule has 0 aliphatic rings. The molecule has 0 spiro atoms. The first-order valence-corrected chi connectivity index (χ1v) is 11.9. The van der Waals surface area contributed by atoms with Crippen molar-refractivity contribution in [3.8, 4) is 11.5 Å². The number of amides is 3. The van der Waals surface area contributed by atoms with Gasteiger partial charge in [-0.05, 0) is 54.2 Å². The van der Waals surface area contributed by atoms with Crippen molar-refractivity contribution >= 4 is 23.7 Å². The fourth-order valence-corrected chi connectivity index (χ4v) is 3.60. The van der Waals surface area contributed by atoms with E-state index in [1.165, 1.54) is 24.3 Å². The first kappa shape index (κ1) is 29.1. The molecule has 2 rings (SSSR count). The van der Waals surface area contributed by atoms with Crippen molar-refractivity contribution in [2.45, 2.75) is 51.2 Å². The molecule has 11 heteroatoms. The number of aliphatic carboxylic acids is 1. The highest BCUT2D eigenvalue weighted by atomic mass is 16.4. The maximum absolute atomic E-state index is 13.2. The number of phenolic OH excluding ortho intramolecular Hbond substituents is 2. The lowest BCUT2D eigenvalue weighted by Gasteiger charge is -2.25. The van der Waals surface area contributed by atoms with Gasteiger partial charge in [-0.25, -0.2) is 0 Å². The van der Waals surface area contributed by atoms with E-state index < -0.39 is 48.4 Å². The summed E-state index contributed by atoms with van der Waals surface area (Å²) in [6.07, 6.45) is 0.482. The number of carboxylic acid groups (broad SMARTS) is 1. The van der Waals surface area contributed by atoms with Crippen LogP contribution in [0, 0.1) is 5.92 Å². The van der Waals surface area contributed by atoms with E-state index in [2.05, 4.69) is 16.0 Å². The number of nitrogens with one attached hydrogen (secondary N) is 3. The van der Waals surface area contributed by atoms with E-state index in [9.17, 15) is 29.4 Å². The van der Waals surface area contributed by atoms with Crippen molar-refractivity contribution < 1.29 is 34.5 Å². The molecule has 11 nitrogen and oxygen atoms in total. The highest BCUT2D eigenvalue weighted by Crippen LogP contribution is 2.13. The van der Waals surface area contributed by atoms with Crippen LogP contribution >= 0.6 is 0 Å². The van der Waals surface area contributed by atoms with Gasteiger partial charge in [0.25, 0.3) is 0 Å². The van der Waals surface area contributed by atoms with Crippen LogP contribution in [0.4, 0.5) is 0 Å². The van der Waals surface area contributed by atoms with Gasteiger partial charge in [-0.15, -0.1) is 0 Å². The highest BCUT2D eigenvalue weighted by Gasteiger charge is 2.29. The molecule has 0 saturated carbocycles. The van der Waals surface area contributed by atoms with Crippen molar-refractivity contribution in [3.63, 3.8) is 0 Å². The van der Waals surface area contributed by atoms with Crippen molar-refractivity contribution in [1.29, 1.82) is 0 Å². The van der Waals surface area contributed by atoms with E-state index in [0.29, 0.717) is 5.56 Å². The Morgan fingerprint density at radius 2 is 1.24 bits per heavy atom. The van der Waals surface area contributed by atoms with Gasteiger partial charge in [0.15, 0.2) is 0 Å². The quantitative estimate of drug-likeness (QED) is 0.200. The Balaban J connectivity index is 2.14. The summed E-state index contributed by atoms with van der Waals surface area (Å²) in [5, 5.41) is 35.4. The van der Waals surface area contributed by atoms with Gasteiger partial charge in [0.1, 0.15) is 30.1 Å². The molecule has 2 aromatic rings. The van der Waals surface area contributed by atoms with Crippen LogP contribution in [-0.2, 0) is 32.0 Å². The van der Waals surface area contributed by atoms with Gasteiger partial charge in [-0.1, -0.05) is 38.1 Å². The molecule has 0 aromatic heterocycles. The van der Waals surface area contributed by atoms with Crippen LogP contribution < -0.4 is 21.7 Å². The number of benzene rings is 2. The maximum atomic E-state index is 13.2. The average Bonchev–Trinajstić information content (AvgIpc) is 2.83. The van der Waals surface area contributed by atoms with Gasteiger partial charge >= 0.3 is 5.97 Å². The lowest BCUT2D eigenvalue weighted by molar-refractivity contribution is -0.138. The van der Waals surface area contributed by atoms with E-state index in [1.54, 1.807) is 24.3 Å². The van der Waals surface area contributed by atoms with Gasteiger partial charge in [-0.2, -0.15) is 0 Å². The van der Waals surface area contributed by atoms with E-state index in [4.69, 9.17) is 10.8 Å². The van der Waals surface area contributed by atoms with E-state index in [-0.39, 0.29) is 36.7 Å². The number of nitrogens with two attached hydrogens (primary N) is 1. The van der Waals surface area contributed by atoms with Crippen molar-refractivity contribution in [1.82, 2.24) is 16.0 Å². The van der Waals surface area contributed by atoms with E-state index in [0.717, 1.165) is 5.56 Å². The zero-order valence-corrected chi connectivity index (χ0v) is 20.8. The normalized spacial score (nSPS) is 13.3. The van der Waals surface area contributed by atoms with Crippen molar-refractivity contribution in [2.24, 2.45) is 11.7 Å². The molecule has 0 saturated heterocycles. The first-order valence-electron chi connectivity index (χ1n) is 11.9. The predicted molar refractivity (Wildman–Crippen MR) is 136 cm³/mol. The molecule has 0 aliphatic carbocycles. The third-order valence-corrected chi connectivity index (χ3v) is 5.49. The topological polar surface area (TPSA) is 191 Å². The van der Waals surface area contributed by atoms with Gasteiger partial charge < -0.3 is 37.0 Å². The summed E-state index contributed by atoms with van der Waals surface area (Å²) in [5.41, 5.74) is 7.40. The fourth-order valence-electron chi connectivity index (χ4n) is 3.60. The number of aromatic hydroxyl groups is 2. The monoisotopic (exact) mass is 514 g/mol. The minimum Gasteiger partial charge on any atom is -0.508 e. The lowest BCUT2D eigenvalue weighted by atomic mass is 10.00. The Hall–Kier alpha value is -4.12. The van der Waals surface area contributed by atoms with Gasteiger partial charge in [0.2, 0.25) is 17.7 Å². The molecule has 3 amide bonds. The van der Waals surface area contributed by atoms with Crippen LogP contribution in [0.15, 0.2) is 48.5 Å². The molecule has 0 bridgehead atoms. The largest absolute Gasteiger partial charge is 0.508 e. The van der Waals surface area contributed by atoms with Crippen LogP contribution in [0.25, 0.3) is 0 Å². The van der Waals surface area contributed by atoms with Crippen LogP contribution in [0.2, 0.25) is 0 Å². The maximum Gasteiger partial charge on any atom is 0.322 e. The number of hydrogen-bond donors (Lipinski definition) is 7. The molecule has 8 N–H and O–H groups in total. The second-order valence-corrected chi connectivity index (χ2v) is 9.21. The molecular formula is C26H34N4O7. The second kappa shape index (κ2) is 13.8. The van der Waals surface area contributed by atoms with Gasteiger partial charge in [0, 0.05) is 6.42 Å². The summed E-state index contributed by atoms with van der Waals surface area (Å²) in [6, 6.07) is 9.19. The Morgan fingerprint density at radius 1 is 0.757 bits per heavy atom. The Morgan fingerprint density at radius 3 is 1.73 bits per heavy atom. The summed E-state index contributed by atoms with van der Waals surface area (Å²) in [5.74, 6) is -2.99. The van der Waals surface area contributed by atoms with Gasteiger partial charge in [0.05, 0.1) is 6.04 Å².